The summed E-state index contributed by atoms with van der Waals surface area (Å²) in [4.78, 5) is 11.3. The van der Waals surface area contributed by atoms with Gasteiger partial charge >= 0.3 is 5.97 Å². The maximum atomic E-state index is 11.3. The fourth-order valence-corrected chi connectivity index (χ4v) is 1.78. The first-order chi connectivity index (χ1) is 7.19. The van der Waals surface area contributed by atoms with Crippen molar-refractivity contribution >= 4 is 21.9 Å². The summed E-state index contributed by atoms with van der Waals surface area (Å²) in [5.74, 6) is 0.489. The molecule has 82 valence electrons. The van der Waals surface area contributed by atoms with E-state index in [0.717, 1.165) is 15.8 Å². The first-order valence-electron chi connectivity index (χ1n) is 4.66. The topological polar surface area (TPSA) is 35.5 Å². The molecule has 0 bridgehead atoms. The Hall–Kier alpha value is -1.03. The number of hydrogen-bond acceptors (Lipinski definition) is 3. The average Bonchev–Trinajstić information content (AvgIpc) is 2.21. The van der Waals surface area contributed by atoms with Crippen LogP contribution in [-0.4, -0.2) is 19.7 Å². The first kappa shape index (κ1) is 12.0. The van der Waals surface area contributed by atoms with Gasteiger partial charge in [0.2, 0.25) is 0 Å². The molecule has 0 unspecified atom stereocenters. The van der Waals surface area contributed by atoms with Gasteiger partial charge in [0.15, 0.2) is 0 Å². The highest BCUT2D eigenvalue weighted by Gasteiger charge is 2.10. The molecule has 0 atom stereocenters. The minimum absolute atomic E-state index is 0.230. The van der Waals surface area contributed by atoms with E-state index in [1.54, 1.807) is 14.0 Å². The van der Waals surface area contributed by atoms with E-state index in [2.05, 4.69) is 15.9 Å². The fourth-order valence-electron chi connectivity index (χ4n) is 1.22. The van der Waals surface area contributed by atoms with E-state index in [4.69, 9.17) is 9.47 Å². The fraction of sp³-hybridized carbons (Fsp3) is 0.364. The average molecular weight is 273 g/mol. The summed E-state index contributed by atoms with van der Waals surface area (Å²) in [5.41, 5.74) is 0.868. The smallest absolute Gasteiger partial charge is 0.310 e. The van der Waals surface area contributed by atoms with Gasteiger partial charge in [-0.15, -0.1) is 0 Å². The Labute approximate surface area is 97.5 Å². The number of carbonyl (C=O) groups is 1. The first-order valence-corrected chi connectivity index (χ1v) is 5.45. The largest absolute Gasteiger partial charge is 0.496 e. The van der Waals surface area contributed by atoms with Crippen molar-refractivity contribution in [1.82, 2.24) is 0 Å². The van der Waals surface area contributed by atoms with E-state index in [9.17, 15) is 4.79 Å². The molecule has 0 aliphatic carbocycles. The van der Waals surface area contributed by atoms with Crippen LogP contribution in [0.5, 0.6) is 5.75 Å². The second-order valence-corrected chi connectivity index (χ2v) is 3.71. The Morgan fingerprint density at radius 3 is 2.80 bits per heavy atom. The van der Waals surface area contributed by atoms with Gasteiger partial charge in [-0.05, 0) is 34.5 Å². The van der Waals surface area contributed by atoms with E-state index >= 15 is 0 Å². The number of benzene rings is 1. The van der Waals surface area contributed by atoms with Crippen molar-refractivity contribution in [3.8, 4) is 5.75 Å². The molecule has 0 aliphatic rings. The summed E-state index contributed by atoms with van der Waals surface area (Å²) in [5, 5.41) is 0. The number of esters is 1. The Kier molecular flexibility index (Phi) is 4.62. The SMILES string of the molecule is CCOC(=O)Cc1cccc(OC)c1Br. The highest BCUT2D eigenvalue weighted by Crippen LogP contribution is 2.28. The van der Waals surface area contributed by atoms with Crippen LogP contribution in [0.3, 0.4) is 0 Å². The van der Waals surface area contributed by atoms with Crippen LogP contribution in [-0.2, 0) is 16.0 Å². The van der Waals surface area contributed by atoms with Gasteiger partial charge in [0.05, 0.1) is 24.6 Å². The molecule has 1 aromatic rings. The third kappa shape index (κ3) is 3.23. The zero-order valence-electron chi connectivity index (χ0n) is 8.75. The lowest BCUT2D eigenvalue weighted by atomic mass is 10.1. The van der Waals surface area contributed by atoms with Crippen LogP contribution in [0.2, 0.25) is 0 Å². The molecule has 15 heavy (non-hydrogen) atoms. The van der Waals surface area contributed by atoms with E-state index in [0.29, 0.717) is 6.61 Å². The van der Waals surface area contributed by atoms with Gasteiger partial charge in [0.25, 0.3) is 0 Å². The Bertz CT molecular complexity index is 350. The van der Waals surface area contributed by atoms with Crippen molar-refractivity contribution in [3.05, 3.63) is 28.2 Å². The van der Waals surface area contributed by atoms with E-state index in [1.807, 2.05) is 18.2 Å². The van der Waals surface area contributed by atoms with Crippen LogP contribution in [0, 0.1) is 0 Å². The molecular weight excluding hydrogens is 260 g/mol. The highest BCUT2D eigenvalue weighted by molar-refractivity contribution is 9.10. The van der Waals surface area contributed by atoms with E-state index < -0.39 is 0 Å². The van der Waals surface area contributed by atoms with Gasteiger partial charge in [-0.1, -0.05) is 12.1 Å². The predicted molar refractivity (Wildman–Crippen MR) is 61.0 cm³/mol. The molecule has 0 saturated heterocycles. The minimum atomic E-state index is -0.230. The van der Waals surface area contributed by atoms with Gasteiger partial charge in [-0.25, -0.2) is 0 Å². The van der Waals surface area contributed by atoms with Crippen molar-refractivity contribution < 1.29 is 14.3 Å². The summed E-state index contributed by atoms with van der Waals surface area (Å²) in [6.07, 6.45) is 0.256. The van der Waals surface area contributed by atoms with E-state index in [-0.39, 0.29) is 12.4 Å². The summed E-state index contributed by atoms with van der Waals surface area (Å²) in [6, 6.07) is 5.54. The highest BCUT2D eigenvalue weighted by atomic mass is 79.9. The van der Waals surface area contributed by atoms with Crippen LogP contribution in [0.25, 0.3) is 0 Å². The Morgan fingerprint density at radius 2 is 2.20 bits per heavy atom. The second kappa shape index (κ2) is 5.75. The lowest BCUT2D eigenvalue weighted by Crippen LogP contribution is -2.08. The standard InChI is InChI=1S/C11H13BrO3/c1-3-15-10(13)7-8-5-4-6-9(14-2)11(8)12/h4-6H,3,7H2,1-2H3. The molecule has 0 heterocycles. The molecule has 0 spiro atoms. The number of carbonyl (C=O) groups excluding carboxylic acids is 1. The third-order valence-electron chi connectivity index (χ3n) is 1.90. The van der Waals surface area contributed by atoms with Crippen LogP contribution < -0.4 is 4.74 Å². The van der Waals surface area contributed by atoms with Crippen molar-refractivity contribution in [2.24, 2.45) is 0 Å². The number of ether oxygens (including phenoxy) is 2. The number of halogens is 1. The van der Waals surface area contributed by atoms with Gasteiger partial charge in [-0.2, -0.15) is 0 Å². The molecule has 1 aromatic carbocycles. The summed E-state index contributed by atoms with van der Waals surface area (Å²) in [6.45, 7) is 2.19. The molecule has 0 N–H and O–H groups in total. The van der Waals surface area contributed by atoms with Crippen LogP contribution in [0.15, 0.2) is 22.7 Å². The number of hydrogen-bond donors (Lipinski definition) is 0. The zero-order chi connectivity index (χ0) is 11.3. The molecule has 0 fully saturated rings. The summed E-state index contributed by atoms with van der Waals surface area (Å²) >= 11 is 3.39. The quantitative estimate of drug-likeness (QED) is 0.791. The van der Waals surface area contributed by atoms with Gasteiger partial charge < -0.3 is 9.47 Å². The zero-order valence-corrected chi connectivity index (χ0v) is 10.3. The maximum Gasteiger partial charge on any atom is 0.310 e. The van der Waals surface area contributed by atoms with Crippen LogP contribution in [0.4, 0.5) is 0 Å². The van der Waals surface area contributed by atoms with Crippen molar-refractivity contribution in [3.63, 3.8) is 0 Å². The molecule has 0 radical (unpaired) electrons. The molecule has 0 amide bonds. The predicted octanol–water partition coefficient (Wildman–Crippen LogP) is 2.56. The molecule has 0 aliphatic heterocycles. The van der Waals surface area contributed by atoms with Crippen molar-refractivity contribution in [1.29, 1.82) is 0 Å². The minimum Gasteiger partial charge on any atom is -0.496 e. The molecular formula is C11H13BrO3. The van der Waals surface area contributed by atoms with E-state index in [1.165, 1.54) is 0 Å². The van der Waals surface area contributed by atoms with Gasteiger partial charge in [-0.3, -0.25) is 4.79 Å². The molecule has 0 saturated carbocycles. The second-order valence-electron chi connectivity index (χ2n) is 2.92. The summed E-state index contributed by atoms with van der Waals surface area (Å²) < 4.78 is 10.8. The number of methoxy groups -OCH3 is 1. The Balaban J connectivity index is 2.81. The van der Waals surface area contributed by atoms with Gasteiger partial charge in [0.1, 0.15) is 5.75 Å². The summed E-state index contributed by atoms with van der Waals surface area (Å²) in [7, 11) is 1.59. The molecule has 0 aromatic heterocycles. The normalized spacial score (nSPS) is 9.80. The third-order valence-corrected chi connectivity index (χ3v) is 2.80. The molecule has 3 nitrogen and oxygen atoms in total. The van der Waals surface area contributed by atoms with Crippen molar-refractivity contribution in [2.45, 2.75) is 13.3 Å². The number of rotatable bonds is 4. The molecule has 4 heteroatoms. The van der Waals surface area contributed by atoms with Gasteiger partial charge in [0, 0.05) is 0 Å². The lowest BCUT2D eigenvalue weighted by Gasteiger charge is -2.08. The van der Waals surface area contributed by atoms with Crippen molar-refractivity contribution in [2.75, 3.05) is 13.7 Å². The lowest BCUT2D eigenvalue weighted by molar-refractivity contribution is -0.142. The maximum absolute atomic E-state index is 11.3. The Morgan fingerprint density at radius 1 is 1.47 bits per heavy atom. The van der Waals surface area contributed by atoms with Crippen LogP contribution in [0.1, 0.15) is 12.5 Å². The molecule has 1 rings (SSSR count). The monoisotopic (exact) mass is 272 g/mol. The van der Waals surface area contributed by atoms with Crippen LogP contribution >= 0.6 is 15.9 Å².